The fraction of sp³-hybridized carbons (Fsp3) is 0.371. The maximum absolute atomic E-state index is 13.9. The second kappa shape index (κ2) is 11.1. The molecule has 1 unspecified atom stereocenters. The van der Waals surface area contributed by atoms with Crippen LogP contribution < -0.4 is 20.3 Å². The van der Waals surface area contributed by atoms with Crippen LogP contribution in [-0.4, -0.2) is 25.3 Å². The van der Waals surface area contributed by atoms with E-state index < -0.39 is 6.04 Å². The first-order valence-electron chi connectivity index (χ1n) is 14.3. The Labute approximate surface area is 243 Å². The van der Waals surface area contributed by atoms with Crippen molar-refractivity contribution in [3.8, 4) is 5.75 Å². The van der Waals surface area contributed by atoms with Gasteiger partial charge in [0, 0.05) is 24.2 Å². The minimum absolute atomic E-state index is 0.00490. The number of carbonyl (C=O) groups is 2. The minimum Gasteiger partial charge on any atom is -0.497 e. The molecule has 0 saturated heterocycles. The number of ether oxygens (including phenoxy) is 1. The molecule has 1 aliphatic heterocycles. The highest BCUT2D eigenvalue weighted by atomic mass is 16.5. The van der Waals surface area contributed by atoms with E-state index in [1.165, 1.54) is 5.56 Å². The summed E-state index contributed by atoms with van der Waals surface area (Å²) in [5, 5.41) is 6.72. The van der Waals surface area contributed by atoms with Crippen molar-refractivity contribution < 1.29 is 14.3 Å². The summed E-state index contributed by atoms with van der Waals surface area (Å²) in [6.45, 7) is 11.4. The monoisotopic (exact) mass is 551 g/mol. The molecule has 1 aliphatic carbocycles. The number of amides is 1. The molecule has 214 valence electrons. The van der Waals surface area contributed by atoms with Gasteiger partial charge in [-0.3, -0.25) is 9.59 Å². The van der Waals surface area contributed by atoms with Crippen molar-refractivity contribution in [3.05, 3.63) is 101 Å². The molecule has 1 heterocycles. The Kier molecular flexibility index (Phi) is 7.69. The molecule has 1 amide bonds. The summed E-state index contributed by atoms with van der Waals surface area (Å²) in [5.41, 5.74) is 6.53. The second-order valence-corrected chi connectivity index (χ2v) is 13.0. The Morgan fingerprint density at radius 3 is 2.46 bits per heavy atom. The molecule has 0 radical (unpaired) electrons. The SMILES string of the molecule is COc1cccc(CNC(=O)CN2c3ccccc3NC3=C(C(=O)CC(C)(C)C3)C2c2ccc(C(C)(C)C)cc2)c1. The van der Waals surface area contributed by atoms with Gasteiger partial charge in [0.05, 0.1) is 31.1 Å². The third kappa shape index (κ3) is 6.17. The number of hydrogen-bond donors (Lipinski definition) is 2. The lowest BCUT2D eigenvalue weighted by atomic mass is 9.73. The average molecular weight is 552 g/mol. The maximum Gasteiger partial charge on any atom is 0.239 e. The van der Waals surface area contributed by atoms with Crippen LogP contribution in [-0.2, 0) is 21.5 Å². The van der Waals surface area contributed by atoms with E-state index in [0.29, 0.717) is 13.0 Å². The van der Waals surface area contributed by atoms with Crippen LogP contribution in [0.1, 0.15) is 70.2 Å². The molecular weight excluding hydrogens is 510 g/mol. The van der Waals surface area contributed by atoms with E-state index in [0.717, 1.165) is 45.9 Å². The molecular formula is C35H41N3O3. The summed E-state index contributed by atoms with van der Waals surface area (Å²) in [6.07, 6.45) is 1.23. The predicted octanol–water partition coefficient (Wildman–Crippen LogP) is 6.93. The first kappa shape index (κ1) is 28.5. The van der Waals surface area contributed by atoms with E-state index in [1.54, 1.807) is 7.11 Å². The Balaban J connectivity index is 1.56. The van der Waals surface area contributed by atoms with E-state index in [9.17, 15) is 9.59 Å². The van der Waals surface area contributed by atoms with Crippen LogP contribution in [0.2, 0.25) is 0 Å². The Morgan fingerprint density at radius 1 is 1.02 bits per heavy atom. The molecule has 41 heavy (non-hydrogen) atoms. The smallest absolute Gasteiger partial charge is 0.239 e. The number of anilines is 2. The molecule has 2 aliphatic rings. The van der Waals surface area contributed by atoms with E-state index in [2.05, 4.69) is 74.4 Å². The first-order chi connectivity index (χ1) is 19.4. The van der Waals surface area contributed by atoms with E-state index in [-0.39, 0.29) is 29.1 Å². The number of methoxy groups -OCH3 is 1. The lowest BCUT2D eigenvalue weighted by Crippen LogP contribution is -2.42. The standard InChI is InChI=1S/C35H41N3O3/c1-34(2,3)25-16-14-24(15-17-25)33-32-28(19-35(4,5)20-30(32)39)37-27-12-7-8-13-29(27)38(33)22-31(40)36-21-23-10-9-11-26(18-23)41-6/h7-18,33,37H,19-22H2,1-6H3,(H,36,40). The van der Waals surface area contributed by atoms with Crippen molar-refractivity contribution >= 4 is 23.1 Å². The highest BCUT2D eigenvalue weighted by Crippen LogP contribution is 2.48. The molecule has 0 fully saturated rings. The van der Waals surface area contributed by atoms with Crippen molar-refractivity contribution in [2.24, 2.45) is 5.41 Å². The fourth-order valence-electron chi connectivity index (χ4n) is 5.93. The number of rotatable bonds is 6. The highest BCUT2D eigenvalue weighted by Gasteiger charge is 2.42. The van der Waals surface area contributed by atoms with Crippen molar-refractivity contribution in [2.75, 3.05) is 23.9 Å². The molecule has 2 N–H and O–H groups in total. The van der Waals surface area contributed by atoms with Gasteiger partial charge in [-0.15, -0.1) is 0 Å². The number of fused-ring (bicyclic) bond motifs is 1. The molecule has 0 bridgehead atoms. The van der Waals surface area contributed by atoms with Gasteiger partial charge in [-0.2, -0.15) is 0 Å². The number of carbonyl (C=O) groups excluding carboxylic acids is 2. The lowest BCUT2D eigenvalue weighted by molar-refractivity contribution is -0.120. The Bertz CT molecular complexity index is 1480. The molecule has 3 aromatic rings. The molecule has 0 saturated carbocycles. The fourth-order valence-corrected chi connectivity index (χ4v) is 5.93. The van der Waals surface area contributed by atoms with E-state index >= 15 is 0 Å². The quantitative estimate of drug-likeness (QED) is 0.348. The summed E-state index contributed by atoms with van der Waals surface area (Å²) in [4.78, 5) is 29.6. The van der Waals surface area contributed by atoms with Gasteiger partial charge in [-0.25, -0.2) is 0 Å². The van der Waals surface area contributed by atoms with Crippen LogP contribution in [0.15, 0.2) is 84.1 Å². The Morgan fingerprint density at radius 2 is 1.76 bits per heavy atom. The summed E-state index contributed by atoms with van der Waals surface area (Å²) >= 11 is 0. The van der Waals surface area contributed by atoms with Crippen molar-refractivity contribution in [1.29, 1.82) is 0 Å². The van der Waals surface area contributed by atoms with Crippen molar-refractivity contribution in [3.63, 3.8) is 0 Å². The summed E-state index contributed by atoms with van der Waals surface area (Å²) < 4.78 is 5.34. The van der Waals surface area contributed by atoms with Crippen LogP contribution >= 0.6 is 0 Å². The van der Waals surface area contributed by atoms with Crippen molar-refractivity contribution in [2.45, 2.75) is 65.5 Å². The number of Topliss-reactive ketones (excluding diaryl/α,β-unsaturated/α-hetero) is 1. The van der Waals surface area contributed by atoms with Crippen molar-refractivity contribution in [1.82, 2.24) is 5.32 Å². The lowest BCUT2D eigenvalue weighted by Gasteiger charge is -2.38. The van der Waals surface area contributed by atoms with Gasteiger partial charge in [0.15, 0.2) is 5.78 Å². The second-order valence-electron chi connectivity index (χ2n) is 13.0. The van der Waals surface area contributed by atoms with Crippen LogP contribution in [0.25, 0.3) is 0 Å². The molecule has 6 nitrogen and oxygen atoms in total. The number of nitrogens with one attached hydrogen (secondary N) is 2. The molecule has 0 spiro atoms. The third-order valence-corrected chi connectivity index (χ3v) is 8.03. The molecule has 5 rings (SSSR count). The van der Waals surface area contributed by atoms with Crippen LogP contribution in [0.4, 0.5) is 11.4 Å². The number of hydrogen-bond acceptors (Lipinski definition) is 5. The Hall–Kier alpha value is -4.06. The highest BCUT2D eigenvalue weighted by molar-refractivity contribution is 6.01. The normalized spacial score (nSPS) is 18.1. The maximum atomic E-state index is 13.9. The molecule has 3 aromatic carbocycles. The van der Waals surface area contributed by atoms with E-state index in [4.69, 9.17) is 4.74 Å². The number of para-hydroxylation sites is 2. The van der Waals surface area contributed by atoms with Gasteiger partial charge < -0.3 is 20.3 Å². The van der Waals surface area contributed by atoms with Gasteiger partial charge in [0.2, 0.25) is 5.91 Å². The van der Waals surface area contributed by atoms with Crippen LogP contribution in [0.5, 0.6) is 5.75 Å². The molecule has 6 heteroatoms. The molecule has 0 aromatic heterocycles. The van der Waals surface area contributed by atoms with Crippen LogP contribution in [0, 0.1) is 5.41 Å². The summed E-state index contributed by atoms with van der Waals surface area (Å²) in [5.74, 6) is 0.760. The average Bonchev–Trinajstić information content (AvgIpc) is 3.05. The third-order valence-electron chi connectivity index (χ3n) is 8.03. The van der Waals surface area contributed by atoms with Gasteiger partial charge in [-0.05, 0) is 58.2 Å². The number of allylic oxidation sites excluding steroid dienone is 1. The van der Waals surface area contributed by atoms with Gasteiger partial charge >= 0.3 is 0 Å². The van der Waals surface area contributed by atoms with Crippen LogP contribution in [0.3, 0.4) is 0 Å². The number of ketones is 1. The summed E-state index contributed by atoms with van der Waals surface area (Å²) in [7, 11) is 1.63. The zero-order valence-corrected chi connectivity index (χ0v) is 25.0. The van der Waals surface area contributed by atoms with E-state index in [1.807, 2.05) is 48.5 Å². The number of nitrogens with zero attached hydrogens (tertiary/aromatic N) is 1. The van der Waals surface area contributed by atoms with Gasteiger partial charge in [0.25, 0.3) is 0 Å². The zero-order valence-electron chi connectivity index (χ0n) is 25.0. The zero-order chi connectivity index (χ0) is 29.4. The molecule has 1 atom stereocenters. The predicted molar refractivity (Wildman–Crippen MR) is 165 cm³/mol. The summed E-state index contributed by atoms with van der Waals surface area (Å²) in [6, 6.07) is 23.9. The minimum atomic E-state index is -0.402. The first-order valence-corrected chi connectivity index (χ1v) is 14.3. The number of benzene rings is 3. The van der Waals surface area contributed by atoms with Gasteiger partial charge in [-0.1, -0.05) is 83.1 Å². The van der Waals surface area contributed by atoms with Gasteiger partial charge in [0.1, 0.15) is 5.75 Å². The topological polar surface area (TPSA) is 70.7 Å². The largest absolute Gasteiger partial charge is 0.497 e.